The third kappa shape index (κ3) is 4.88. The summed E-state index contributed by atoms with van der Waals surface area (Å²) in [7, 11) is 0. The average Bonchev–Trinajstić information content (AvgIpc) is 2.32. The molecule has 0 radical (unpaired) electrons. The summed E-state index contributed by atoms with van der Waals surface area (Å²) >= 11 is 0. The minimum absolute atomic E-state index is 0.0774. The van der Waals surface area contributed by atoms with Gasteiger partial charge in [0, 0.05) is 19.5 Å². The van der Waals surface area contributed by atoms with Crippen LogP contribution < -0.4 is 10.6 Å². The van der Waals surface area contributed by atoms with Crippen molar-refractivity contribution in [3.63, 3.8) is 0 Å². The van der Waals surface area contributed by atoms with Crippen LogP contribution in [0.2, 0.25) is 0 Å². The van der Waals surface area contributed by atoms with E-state index in [-0.39, 0.29) is 5.91 Å². The van der Waals surface area contributed by atoms with Crippen LogP contribution in [0.15, 0.2) is 0 Å². The highest BCUT2D eigenvalue weighted by Gasteiger charge is 2.10. The molecule has 1 saturated heterocycles. The molecule has 1 heterocycles. The van der Waals surface area contributed by atoms with Crippen LogP contribution in [-0.2, 0) is 4.79 Å². The second kappa shape index (κ2) is 5.97. The molecule has 2 N–H and O–H groups in total. The van der Waals surface area contributed by atoms with Crippen molar-refractivity contribution in [1.29, 1.82) is 0 Å². The van der Waals surface area contributed by atoms with Crippen LogP contribution in [0, 0.1) is 0 Å². The van der Waals surface area contributed by atoms with Crippen LogP contribution in [-0.4, -0.2) is 25.0 Å². The molecular formula is C10H20N2O. The fourth-order valence-electron chi connectivity index (χ4n) is 1.77. The molecule has 76 valence electrons. The van der Waals surface area contributed by atoms with Gasteiger partial charge in [0.05, 0.1) is 0 Å². The summed E-state index contributed by atoms with van der Waals surface area (Å²) < 4.78 is 0. The van der Waals surface area contributed by atoms with Crippen molar-refractivity contribution in [2.45, 2.75) is 45.1 Å². The lowest BCUT2D eigenvalue weighted by atomic mass is 10.1. The van der Waals surface area contributed by atoms with Gasteiger partial charge in [-0.3, -0.25) is 4.79 Å². The summed E-state index contributed by atoms with van der Waals surface area (Å²) in [5.41, 5.74) is 0. The zero-order valence-electron chi connectivity index (χ0n) is 8.44. The summed E-state index contributed by atoms with van der Waals surface area (Å²) in [6.45, 7) is 3.53. The van der Waals surface area contributed by atoms with Gasteiger partial charge in [0.1, 0.15) is 0 Å². The highest BCUT2D eigenvalue weighted by atomic mass is 16.1. The fourth-order valence-corrected chi connectivity index (χ4v) is 1.77. The Morgan fingerprint density at radius 2 is 2.31 bits per heavy atom. The van der Waals surface area contributed by atoms with Gasteiger partial charge in [-0.05, 0) is 25.8 Å². The number of rotatable bonds is 3. The van der Waals surface area contributed by atoms with E-state index in [9.17, 15) is 4.79 Å². The van der Waals surface area contributed by atoms with Gasteiger partial charge in [0.2, 0.25) is 5.91 Å². The Labute approximate surface area is 80.3 Å². The van der Waals surface area contributed by atoms with Crippen molar-refractivity contribution < 1.29 is 4.79 Å². The zero-order valence-corrected chi connectivity index (χ0v) is 8.44. The van der Waals surface area contributed by atoms with E-state index in [4.69, 9.17) is 0 Å². The Morgan fingerprint density at radius 1 is 1.46 bits per heavy atom. The molecule has 0 aromatic rings. The first-order valence-corrected chi connectivity index (χ1v) is 5.27. The number of hydrogen-bond acceptors (Lipinski definition) is 2. The molecule has 1 aliphatic rings. The Hall–Kier alpha value is -0.570. The van der Waals surface area contributed by atoms with E-state index in [0.29, 0.717) is 6.04 Å². The summed E-state index contributed by atoms with van der Waals surface area (Å²) in [5.74, 6) is 0.0774. The van der Waals surface area contributed by atoms with Gasteiger partial charge >= 0.3 is 0 Å². The van der Waals surface area contributed by atoms with Gasteiger partial charge in [-0.25, -0.2) is 0 Å². The quantitative estimate of drug-likeness (QED) is 0.688. The number of hydrogen-bond donors (Lipinski definition) is 2. The zero-order chi connectivity index (χ0) is 9.52. The molecule has 0 aromatic carbocycles. The van der Waals surface area contributed by atoms with Crippen molar-refractivity contribution in [3.05, 3.63) is 0 Å². The highest BCUT2D eigenvalue weighted by molar-refractivity contribution is 5.72. The Bertz CT molecular complexity index is 151. The van der Waals surface area contributed by atoms with Crippen molar-refractivity contribution in [3.8, 4) is 0 Å². The lowest BCUT2D eigenvalue weighted by Crippen LogP contribution is -2.33. The van der Waals surface area contributed by atoms with E-state index < -0.39 is 0 Å². The molecule has 3 heteroatoms. The van der Waals surface area contributed by atoms with Gasteiger partial charge in [-0.15, -0.1) is 0 Å². The van der Waals surface area contributed by atoms with E-state index in [1.54, 1.807) is 6.92 Å². The smallest absolute Gasteiger partial charge is 0.216 e. The average molecular weight is 184 g/mol. The largest absolute Gasteiger partial charge is 0.356 e. The number of carbonyl (C=O) groups is 1. The lowest BCUT2D eigenvalue weighted by molar-refractivity contribution is -0.118. The van der Waals surface area contributed by atoms with Crippen LogP contribution in [0.5, 0.6) is 0 Å². The molecule has 13 heavy (non-hydrogen) atoms. The third-order valence-corrected chi connectivity index (χ3v) is 2.53. The molecule has 0 bridgehead atoms. The molecular weight excluding hydrogens is 164 g/mol. The van der Waals surface area contributed by atoms with E-state index in [0.717, 1.165) is 19.5 Å². The highest BCUT2D eigenvalue weighted by Crippen LogP contribution is 2.10. The first kappa shape index (κ1) is 10.5. The summed E-state index contributed by atoms with van der Waals surface area (Å²) in [6, 6.07) is 0.620. The molecule has 0 saturated carbocycles. The van der Waals surface area contributed by atoms with E-state index in [1.165, 1.54) is 25.7 Å². The maximum atomic E-state index is 10.6. The molecule has 3 nitrogen and oxygen atoms in total. The van der Waals surface area contributed by atoms with Crippen LogP contribution in [0.3, 0.4) is 0 Å². The van der Waals surface area contributed by atoms with Crippen molar-refractivity contribution >= 4 is 5.91 Å². The van der Waals surface area contributed by atoms with Crippen LogP contribution in [0.1, 0.15) is 39.0 Å². The van der Waals surface area contributed by atoms with E-state index in [2.05, 4.69) is 10.6 Å². The summed E-state index contributed by atoms with van der Waals surface area (Å²) in [6.07, 6.45) is 6.32. The molecule has 1 fully saturated rings. The standard InChI is InChI=1S/C10H20N2O/c1-9(13)11-8-6-10-5-3-2-4-7-12-10/h10,12H,2-8H2,1H3,(H,11,13). The molecule has 0 spiro atoms. The van der Waals surface area contributed by atoms with E-state index in [1.807, 2.05) is 0 Å². The molecule has 1 aliphatic heterocycles. The molecule has 1 unspecified atom stereocenters. The van der Waals surface area contributed by atoms with Gasteiger partial charge in [-0.2, -0.15) is 0 Å². The van der Waals surface area contributed by atoms with Crippen LogP contribution in [0.25, 0.3) is 0 Å². The van der Waals surface area contributed by atoms with Crippen molar-refractivity contribution in [1.82, 2.24) is 10.6 Å². The topological polar surface area (TPSA) is 41.1 Å². The van der Waals surface area contributed by atoms with Gasteiger partial charge < -0.3 is 10.6 Å². The molecule has 1 amide bonds. The summed E-state index contributed by atoms with van der Waals surface area (Å²) in [4.78, 5) is 10.6. The Morgan fingerprint density at radius 3 is 3.08 bits per heavy atom. The van der Waals surface area contributed by atoms with Crippen LogP contribution >= 0.6 is 0 Å². The summed E-state index contributed by atoms with van der Waals surface area (Å²) in [5, 5.41) is 6.34. The Balaban J connectivity index is 2.08. The minimum Gasteiger partial charge on any atom is -0.356 e. The van der Waals surface area contributed by atoms with Crippen molar-refractivity contribution in [2.24, 2.45) is 0 Å². The van der Waals surface area contributed by atoms with Crippen molar-refractivity contribution in [2.75, 3.05) is 13.1 Å². The normalized spacial score (nSPS) is 23.6. The monoisotopic (exact) mass is 184 g/mol. The predicted molar refractivity (Wildman–Crippen MR) is 53.6 cm³/mol. The predicted octanol–water partition coefficient (Wildman–Crippen LogP) is 1.04. The second-order valence-electron chi connectivity index (χ2n) is 3.77. The first-order chi connectivity index (χ1) is 6.29. The molecule has 0 aliphatic carbocycles. The SMILES string of the molecule is CC(=O)NCCC1CCCCCN1. The Kier molecular flexibility index (Phi) is 4.83. The maximum absolute atomic E-state index is 10.6. The fraction of sp³-hybridized carbons (Fsp3) is 0.900. The van der Waals surface area contributed by atoms with Gasteiger partial charge in [-0.1, -0.05) is 12.8 Å². The third-order valence-electron chi connectivity index (χ3n) is 2.53. The lowest BCUT2D eigenvalue weighted by Gasteiger charge is -2.15. The van der Waals surface area contributed by atoms with Gasteiger partial charge in [0.15, 0.2) is 0 Å². The van der Waals surface area contributed by atoms with E-state index >= 15 is 0 Å². The minimum atomic E-state index is 0.0774. The van der Waals surface area contributed by atoms with Gasteiger partial charge in [0.25, 0.3) is 0 Å². The van der Waals surface area contributed by atoms with Crippen LogP contribution in [0.4, 0.5) is 0 Å². The maximum Gasteiger partial charge on any atom is 0.216 e. The molecule has 1 rings (SSSR count). The molecule has 1 atom stereocenters. The number of carbonyl (C=O) groups excluding carboxylic acids is 1. The second-order valence-corrected chi connectivity index (χ2v) is 3.77. The molecule has 0 aromatic heterocycles. The number of amides is 1. The first-order valence-electron chi connectivity index (χ1n) is 5.27. The number of nitrogens with one attached hydrogen (secondary N) is 2.